The van der Waals surface area contributed by atoms with Crippen molar-refractivity contribution in [2.24, 2.45) is 0 Å². The first-order valence-electron chi connectivity index (χ1n) is 9.16. The Labute approximate surface area is 166 Å². The van der Waals surface area contributed by atoms with Crippen molar-refractivity contribution in [3.63, 3.8) is 0 Å². The van der Waals surface area contributed by atoms with Crippen LogP contribution in [0.15, 0.2) is 54.6 Å². The molecule has 0 fully saturated rings. The van der Waals surface area contributed by atoms with Crippen LogP contribution in [0.1, 0.15) is 20.8 Å². The smallest absolute Gasteiger partial charge is 0.173 e. The maximum atomic E-state index is 10.4. The first kappa shape index (κ1) is 21.0. The molecule has 1 atom stereocenters. The fourth-order valence-corrected chi connectivity index (χ4v) is 2.92. The quantitative estimate of drug-likeness (QED) is 0.635. The summed E-state index contributed by atoms with van der Waals surface area (Å²) >= 11 is 5.55. The fourth-order valence-electron chi connectivity index (χ4n) is 2.51. The molecule has 1 unspecified atom stereocenters. The Balaban J connectivity index is 1.89. The molecule has 0 spiro atoms. The van der Waals surface area contributed by atoms with E-state index in [0.717, 1.165) is 17.2 Å². The summed E-state index contributed by atoms with van der Waals surface area (Å²) in [6, 6.07) is 17.2. The summed E-state index contributed by atoms with van der Waals surface area (Å²) in [4.78, 5) is 1.95. The highest BCUT2D eigenvalue weighted by molar-refractivity contribution is 7.80. The first-order valence-corrected chi connectivity index (χ1v) is 9.56. The van der Waals surface area contributed by atoms with Gasteiger partial charge in [0.1, 0.15) is 24.2 Å². The second-order valence-corrected chi connectivity index (χ2v) is 6.80. The third-order valence-electron chi connectivity index (χ3n) is 3.89. The van der Waals surface area contributed by atoms with Crippen LogP contribution in [0.5, 0.6) is 11.5 Å². The third-order valence-corrected chi connectivity index (χ3v) is 4.23. The number of rotatable bonds is 9. The van der Waals surface area contributed by atoms with Crippen LogP contribution in [0, 0.1) is 0 Å². The van der Waals surface area contributed by atoms with Crippen LogP contribution in [-0.4, -0.2) is 47.0 Å². The highest BCUT2D eigenvalue weighted by Gasteiger charge is 2.18. The zero-order valence-electron chi connectivity index (χ0n) is 16.1. The van der Waals surface area contributed by atoms with E-state index < -0.39 is 6.10 Å². The van der Waals surface area contributed by atoms with E-state index in [4.69, 9.17) is 21.7 Å². The lowest BCUT2D eigenvalue weighted by atomic mass is 10.2. The van der Waals surface area contributed by atoms with Gasteiger partial charge >= 0.3 is 0 Å². The van der Waals surface area contributed by atoms with Crippen molar-refractivity contribution < 1.29 is 14.6 Å². The topological polar surface area (TPSA) is 54.0 Å². The van der Waals surface area contributed by atoms with Gasteiger partial charge in [0, 0.05) is 18.3 Å². The molecule has 0 aliphatic carbocycles. The lowest BCUT2D eigenvalue weighted by Crippen LogP contribution is -2.45. The summed E-state index contributed by atoms with van der Waals surface area (Å²) in [5.74, 6) is 1.56. The molecule has 146 valence electrons. The van der Waals surface area contributed by atoms with E-state index in [2.05, 4.69) is 5.32 Å². The van der Waals surface area contributed by atoms with Crippen LogP contribution in [0.3, 0.4) is 0 Å². The SMILES string of the molecule is CCOc1ccc(NC(=S)N(CC(O)COc2ccccc2)C(C)C)cc1. The average Bonchev–Trinajstić information content (AvgIpc) is 2.66. The van der Waals surface area contributed by atoms with E-state index in [1.54, 1.807) is 0 Å². The van der Waals surface area contributed by atoms with Crippen molar-refractivity contribution in [2.75, 3.05) is 25.1 Å². The van der Waals surface area contributed by atoms with Crippen LogP contribution in [0.25, 0.3) is 0 Å². The molecule has 2 aromatic carbocycles. The van der Waals surface area contributed by atoms with E-state index >= 15 is 0 Å². The highest BCUT2D eigenvalue weighted by atomic mass is 32.1. The minimum Gasteiger partial charge on any atom is -0.494 e. The number of anilines is 1. The predicted octanol–water partition coefficient (Wildman–Crippen LogP) is 3.93. The van der Waals surface area contributed by atoms with Gasteiger partial charge < -0.3 is 24.8 Å². The number of hydrogen-bond acceptors (Lipinski definition) is 4. The van der Waals surface area contributed by atoms with Gasteiger partial charge in [-0.05, 0) is 69.4 Å². The van der Waals surface area contributed by atoms with E-state index in [-0.39, 0.29) is 12.6 Å². The standard InChI is InChI=1S/C21H28N2O3S/c1-4-25-20-12-10-17(11-13-20)22-21(27)23(16(2)3)14-18(24)15-26-19-8-6-5-7-9-19/h5-13,16,18,24H,4,14-15H2,1-3H3,(H,22,27). The van der Waals surface area contributed by atoms with Crippen molar-refractivity contribution in [2.45, 2.75) is 32.9 Å². The van der Waals surface area contributed by atoms with Gasteiger partial charge in [0.15, 0.2) is 5.11 Å². The van der Waals surface area contributed by atoms with Gasteiger partial charge in [0.2, 0.25) is 0 Å². The number of nitrogens with one attached hydrogen (secondary N) is 1. The van der Waals surface area contributed by atoms with Crippen molar-refractivity contribution >= 4 is 23.0 Å². The predicted molar refractivity (Wildman–Crippen MR) is 114 cm³/mol. The number of ether oxygens (including phenoxy) is 2. The average molecular weight is 389 g/mol. The van der Waals surface area contributed by atoms with Crippen molar-refractivity contribution in [1.82, 2.24) is 4.90 Å². The van der Waals surface area contributed by atoms with E-state index in [9.17, 15) is 5.11 Å². The van der Waals surface area contributed by atoms with E-state index in [1.807, 2.05) is 80.3 Å². The molecule has 0 aliphatic rings. The van der Waals surface area contributed by atoms with Crippen LogP contribution in [0.4, 0.5) is 5.69 Å². The summed E-state index contributed by atoms with van der Waals surface area (Å²) in [7, 11) is 0. The van der Waals surface area contributed by atoms with Crippen LogP contribution in [-0.2, 0) is 0 Å². The molecule has 0 amide bonds. The molecule has 0 saturated carbocycles. The van der Waals surface area contributed by atoms with Crippen molar-refractivity contribution in [3.05, 3.63) is 54.6 Å². The van der Waals surface area contributed by atoms with Crippen LogP contribution < -0.4 is 14.8 Å². The van der Waals surface area contributed by atoms with Gasteiger partial charge in [-0.3, -0.25) is 0 Å². The van der Waals surface area contributed by atoms with Gasteiger partial charge in [-0.2, -0.15) is 0 Å². The molecular formula is C21H28N2O3S. The summed E-state index contributed by atoms with van der Waals surface area (Å²) < 4.78 is 11.1. The zero-order valence-corrected chi connectivity index (χ0v) is 16.9. The molecule has 27 heavy (non-hydrogen) atoms. The number of aliphatic hydroxyl groups is 1. The molecule has 0 radical (unpaired) electrons. The maximum absolute atomic E-state index is 10.4. The number of para-hydroxylation sites is 1. The molecule has 2 aromatic rings. The summed E-state index contributed by atoms with van der Waals surface area (Å²) in [5, 5.41) is 14.2. The molecule has 2 rings (SSSR count). The molecule has 2 N–H and O–H groups in total. The monoisotopic (exact) mass is 388 g/mol. The summed E-state index contributed by atoms with van der Waals surface area (Å²) in [6.45, 7) is 7.25. The number of aliphatic hydroxyl groups excluding tert-OH is 1. The maximum Gasteiger partial charge on any atom is 0.173 e. The van der Waals surface area contributed by atoms with Gasteiger partial charge in [0.25, 0.3) is 0 Å². The number of hydrogen-bond donors (Lipinski definition) is 2. The Morgan fingerprint density at radius 2 is 1.67 bits per heavy atom. The molecule has 0 aromatic heterocycles. The Morgan fingerprint density at radius 1 is 1.04 bits per heavy atom. The molecular weight excluding hydrogens is 360 g/mol. The second kappa shape index (κ2) is 10.7. The minimum absolute atomic E-state index is 0.138. The van der Waals surface area contributed by atoms with E-state index in [0.29, 0.717) is 18.3 Å². The first-order chi connectivity index (χ1) is 13.0. The lowest BCUT2D eigenvalue weighted by molar-refractivity contribution is 0.0814. The molecule has 0 saturated heterocycles. The van der Waals surface area contributed by atoms with Crippen molar-refractivity contribution in [1.29, 1.82) is 0 Å². The molecule has 0 bridgehead atoms. The van der Waals surface area contributed by atoms with Gasteiger partial charge in [-0.15, -0.1) is 0 Å². The van der Waals surface area contributed by atoms with Crippen LogP contribution >= 0.6 is 12.2 Å². The Bertz CT molecular complexity index is 692. The Kier molecular flexibility index (Phi) is 8.36. The Morgan fingerprint density at radius 3 is 2.26 bits per heavy atom. The minimum atomic E-state index is -0.660. The third kappa shape index (κ3) is 7.07. The second-order valence-electron chi connectivity index (χ2n) is 6.41. The normalized spacial score (nSPS) is 11.7. The van der Waals surface area contributed by atoms with Gasteiger partial charge in [0.05, 0.1) is 6.61 Å². The van der Waals surface area contributed by atoms with Crippen LogP contribution in [0.2, 0.25) is 0 Å². The number of benzene rings is 2. The molecule has 5 nitrogen and oxygen atoms in total. The number of thiocarbonyl (C=S) groups is 1. The lowest BCUT2D eigenvalue weighted by Gasteiger charge is -2.31. The summed E-state index contributed by atoms with van der Waals surface area (Å²) in [5.41, 5.74) is 0.879. The number of nitrogens with zero attached hydrogens (tertiary/aromatic N) is 1. The highest BCUT2D eigenvalue weighted by Crippen LogP contribution is 2.17. The van der Waals surface area contributed by atoms with Crippen molar-refractivity contribution in [3.8, 4) is 11.5 Å². The van der Waals surface area contributed by atoms with Gasteiger partial charge in [-0.25, -0.2) is 0 Å². The molecule has 6 heteroatoms. The zero-order chi connectivity index (χ0) is 19.6. The van der Waals surface area contributed by atoms with Gasteiger partial charge in [-0.1, -0.05) is 18.2 Å². The fraction of sp³-hybridized carbons (Fsp3) is 0.381. The Hall–Kier alpha value is -2.31. The molecule has 0 aliphatic heterocycles. The summed E-state index contributed by atoms with van der Waals surface area (Å²) in [6.07, 6.45) is -0.660. The van der Waals surface area contributed by atoms with E-state index in [1.165, 1.54) is 0 Å². The largest absolute Gasteiger partial charge is 0.494 e. The molecule has 0 heterocycles.